The number of nitrogens with zero attached hydrogens (tertiary/aromatic N) is 1. The van der Waals surface area contributed by atoms with E-state index in [0.717, 1.165) is 16.1 Å². The first-order valence-corrected chi connectivity index (χ1v) is 9.58. The topological polar surface area (TPSA) is 66.5 Å². The summed E-state index contributed by atoms with van der Waals surface area (Å²) >= 11 is 5.91. The second-order valence-electron chi connectivity index (χ2n) is 5.42. The molecule has 2 rings (SSSR count). The van der Waals surface area contributed by atoms with E-state index in [1.54, 1.807) is 55.5 Å². The number of benzene rings is 2. The molecule has 1 amide bonds. The molecular formula is C17H19ClN2O3S. The summed E-state index contributed by atoms with van der Waals surface area (Å²) in [7, 11) is -3.60. The first-order chi connectivity index (χ1) is 11.3. The SMILES string of the molecule is C[C@@H](C(=O)NCc1cccc(Cl)c1)N(c1ccccc1)S(C)(=O)=O. The maximum Gasteiger partial charge on any atom is 0.243 e. The van der Waals surface area contributed by atoms with Crippen LogP contribution in [0.1, 0.15) is 12.5 Å². The van der Waals surface area contributed by atoms with Crippen LogP contribution in [0.3, 0.4) is 0 Å². The second kappa shape index (κ2) is 7.68. The molecule has 0 saturated carbocycles. The van der Waals surface area contributed by atoms with E-state index in [2.05, 4.69) is 5.32 Å². The van der Waals surface area contributed by atoms with E-state index >= 15 is 0 Å². The summed E-state index contributed by atoms with van der Waals surface area (Å²) in [5.41, 5.74) is 1.29. The molecule has 0 aliphatic carbocycles. The van der Waals surface area contributed by atoms with Gasteiger partial charge in [-0.15, -0.1) is 0 Å². The molecule has 0 fully saturated rings. The third kappa shape index (κ3) is 4.72. The second-order valence-corrected chi connectivity index (χ2v) is 7.71. The monoisotopic (exact) mass is 366 g/mol. The zero-order valence-electron chi connectivity index (χ0n) is 13.4. The number of nitrogens with one attached hydrogen (secondary N) is 1. The van der Waals surface area contributed by atoms with E-state index < -0.39 is 16.1 Å². The van der Waals surface area contributed by atoms with Gasteiger partial charge in [0.25, 0.3) is 0 Å². The van der Waals surface area contributed by atoms with Gasteiger partial charge in [-0.25, -0.2) is 8.42 Å². The Morgan fingerprint density at radius 1 is 1.17 bits per heavy atom. The Kier molecular flexibility index (Phi) is 5.85. The number of halogens is 1. The van der Waals surface area contributed by atoms with Crippen LogP contribution in [0.25, 0.3) is 0 Å². The molecule has 0 aromatic heterocycles. The number of anilines is 1. The van der Waals surface area contributed by atoms with Crippen molar-refractivity contribution in [2.24, 2.45) is 0 Å². The largest absolute Gasteiger partial charge is 0.350 e. The fraction of sp³-hybridized carbons (Fsp3) is 0.235. The minimum atomic E-state index is -3.60. The maximum absolute atomic E-state index is 12.4. The van der Waals surface area contributed by atoms with Crippen LogP contribution in [0.15, 0.2) is 54.6 Å². The van der Waals surface area contributed by atoms with E-state index in [-0.39, 0.29) is 12.5 Å². The molecule has 24 heavy (non-hydrogen) atoms. The third-order valence-electron chi connectivity index (χ3n) is 3.45. The summed E-state index contributed by atoms with van der Waals surface area (Å²) < 4.78 is 25.4. The highest BCUT2D eigenvalue weighted by atomic mass is 35.5. The normalized spacial score (nSPS) is 12.5. The Morgan fingerprint density at radius 3 is 2.42 bits per heavy atom. The van der Waals surface area contributed by atoms with Crippen molar-refractivity contribution in [1.29, 1.82) is 0 Å². The Morgan fingerprint density at radius 2 is 1.83 bits per heavy atom. The minimum absolute atomic E-state index is 0.274. The van der Waals surface area contributed by atoms with Crippen molar-refractivity contribution in [3.63, 3.8) is 0 Å². The van der Waals surface area contributed by atoms with Gasteiger partial charge < -0.3 is 5.32 Å². The first kappa shape index (κ1) is 18.3. The molecule has 0 heterocycles. The Labute approximate surface area is 147 Å². The van der Waals surface area contributed by atoms with Crippen LogP contribution < -0.4 is 9.62 Å². The highest BCUT2D eigenvalue weighted by Crippen LogP contribution is 2.20. The summed E-state index contributed by atoms with van der Waals surface area (Å²) in [4.78, 5) is 12.4. The molecule has 2 aromatic rings. The lowest BCUT2D eigenvalue weighted by molar-refractivity contribution is -0.122. The van der Waals surface area contributed by atoms with Gasteiger partial charge in [0.1, 0.15) is 6.04 Å². The van der Waals surface area contributed by atoms with Gasteiger partial charge in [-0.1, -0.05) is 41.9 Å². The maximum atomic E-state index is 12.4. The van der Waals surface area contributed by atoms with E-state index in [0.29, 0.717) is 10.7 Å². The van der Waals surface area contributed by atoms with Gasteiger partial charge in [-0.3, -0.25) is 9.10 Å². The molecule has 0 radical (unpaired) electrons. The number of para-hydroxylation sites is 1. The Hall–Kier alpha value is -2.05. The molecule has 2 aromatic carbocycles. The van der Waals surface area contributed by atoms with Crippen LogP contribution in [0.4, 0.5) is 5.69 Å². The number of sulfonamides is 1. The zero-order chi connectivity index (χ0) is 17.7. The molecule has 0 aliphatic heterocycles. The molecule has 5 nitrogen and oxygen atoms in total. The molecular weight excluding hydrogens is 348 g/mol. The van der Waals surface area contributed by atoms with Crippen molar-refractivity contribution in [3.8, 4) is 0 Å². The predicted molar refractivity (Wildman–Crippen MR) is 96.5 cm³/mol. The number of rotatable bonds is 6. The lowest BCUT2D eigenvalue weighted by Gasteiger charge is -2.28. The Bertz CT molecular complexity index is 810. The van der Waals surface area contributed by atoms with Crippen molar-refractivity contribution in [3.05, 3.63) is 65.2 Å². The van der Waals surface area contributed by atoms with Gasteiger partial charge in [0.2, 0.25) is 15.9 Å². The molecule has 7 heteroatoms. The average Bonchev–Trinajstić information content (AvgIpc) is 2.52. The summed E-state index contributed by atoms with van der Waals surface area (Å²) in [5, 5.41) is 3.32. The van der Waals surface area contributed by atoms with Crippen molar-refractivity contribution in [2.45, 2.75) is 19.5 Å². The van der Waals surface area contributed by atoms with Crippen LogP contribution in [0, 0.1) is 0 Å². The van der Waals surface area contributed by atoms with Crippen molar-refractivity contribution < 1.29 is 13.2 Å². The molecule has 0 saturated heterocycles. The summed E-state index contributed by atoms with van der Waals surface area (Å²) in [5.74, 6) is -0.385. The van der Waals surface area contributed by atoms with Crippen LogP contribution >= 0.6 is 11.6 Å². The van der Waals surface area contributed by atoms with Gasteiger partial charge in [0.05, 0.1) is 11.9 Å². The third-order valence-corrected chi connectivity index (χ3v) is 4.93. The Balaban J connectivity index is 2.14. The first-order valence-electron chi connectivity index (χ1n) is 7.35. The van der Waals surface area contributed by atoms with Gasteiger partial charge >= 0.3 is 0 Å². The van der Waals surface area contributed by atoms with Gasteiger partial charge in [0, 0.05) is 11.6 Å². The lowest BCUT2D eigenvalue weighted by atomic mass is 10.2. The standard InChI is InChI=1S/C17H19ClN2O3S/c1-13(17(21)19-12-14-7-6-8-15(18)11-14)20(24(2,22)23)16-9-4-3-5-10-16/h3-11,13H,12H2,1-2H3,(H,19,21)/t13-/m0/s1. The molecule has 0 unspecified atom stereocenters. The van der Waals surface area contributed by atoms with Crippen LogP contribution in [0.5, 0.6) is 0 Å². The molecule has 1 atom stereocenters. The highest BCUT2D eigenvalue weighted by molar-refractivity contribution is 7.92. The summed E-state index contributed by atoms with van der Waals surface area (Å²) in [6.45, 7) is 1.83. The van der Waals surface area contributed by atoms with Crippen LogP contribution in [0.2, 0.25) is 5.02 Å². The smallest absolute Gasteiger partial charge is 0.243 e. The van der Waals surface area contributed by atoms with Gasteiger partial charge in [-0.05, 0) is 36.8 Å². The van der Waals surface area contributed by atoms with Crippen molar-refractivity contribution in [1.82, 2.24) is 5.32 Å². The molecule has 0 spiro atoms. The fourth-order valence-corrected chi connectivity index (χ4v) is 3.76. The number of hydrogen-bond acceptors (Lipinski definition) is 3. The molecule has 0 bridgehead atoms. The lowest BCUT2D eigenvalue weighted by Crippen LogP contribution is -2.47. The summed E-state index contributed by atoms with van der Waals surface area (Å²) in [6.07, 6.45) is 1.08. The van der Waals surface area contributed by atoms with E-state index in [1.165, 1.54) is 0 Å². The van der Waals surface area contributed by atoms with Gasteiger partial charge in [0.15, 0.2) is 0 Å². The minimum Gasteiger partial charge on any atom is -0.350 e. The zero-order valence-corrected chi connectivity index (χ0v) is 15.0. The van der Waals surface area contributed by atoms with Gasteiger partial charge in [-0.2, -0.15) is 0 Å². The van der Waals surface area contributed by atoms with Crippen molar-refractivity contribution in [2.75, 3.05) is 10.6 Å². The average molecular weight is 367 g/mol. The molecule has 1 N–H and O–H groups in total. The predicted octanol–water partition coefficient (Wildman–Crippen LogP) is 2.81. The molecule has 128 valence electrons. The fourth-order valence-electron chi connectivity index (χ4n) is 2.37. The van der Waals surface area contributed by atoms with Crippen LogP contribution in [-0.2, 0) is 21.4 Å². The van der Waals surface area contributed by atoms with E-state index in [1.807, 2.05) is 6.07 Å². The molecule has 0 aliphatic rings. The summed E-state index contributed by atoms with van der Waals surface area (Å²) in [6, 6.07) is 14.8. The highest BCUT2D eigenvalue weighted by Gasteiger charge is 2.28. The number of amides is 1. The van der Waals surface area contributed by atoms with E-state index in [9.17, 15) is 13.2 Å². The van der Waals surface area contributed by atoms with Crippen molar-refractivity contribution >= 4 is 33.2 Å². The number of carbonyl (C=O) groups is 1. The number of hydrogen-bond donors (Lipinski definition) is 1. The van der Waals surface area contributed by atoms with Crippen LogP contribution in [-0.4, -0.2) is 26.6 Å². The quantitative estimate of drug-likeness (QED) is 0.854. The number of carbonyl (C=O) groups excluding carboxylic acids is 1. The van der Waals surface area contributed by atoms with E-state index in [4.69, 9.17) is 11.6 Å².